The van der Waals surface area contributed by atoms with E-state index in [9.17, 15) is 9.90 Å². The van der Waals surface area contributed by atoms with Crippen molar-refractivity contribution in [2.75, 3.05) is 6.61 Å². The van der Waals surface area contributed by atoms with Crippen molar-refractivity contribution in [2.24, 2.45) is 5.92 Å². The molecule has 1 amide bonds. The van der Waals surface area contributed by atoms with Gasteiger partial charge in [-0.15, -0.1) is 11.3 Å². The van der Waals surface area contributed by atoms with Gasteiger partial charge in [-0.3, -0.25) is 4.79 Å². The topological polar surface area (TPSA) is 49.3 Å². The first-order chi connectivity index (χ1) is 8.72. The molecule has 0 aromatic carbocycles. The molecule has 1 aliphatic rings. The second-order valence-electron chi connectivity index (χ2n) is 4.76. The zero-order chi connectivity index (χ0) is 13.0. The van der Waals surface area contributed by atoms with Gasteiger partial charge in [-0.1, -0.05) is 19.3 Å². The molecule has 2 unspecified atom stereocenters. The molecule has 1 aliphatic carbocycles. The number of aliphatic hydroxyl groups excluding tert-OH is 1. The number of aliphatic hydroxyl groups is 1. The fourth-order valence-corrected chi connectivity index (χ4v) is 3.94. The second kappa shape index (κ2) is 6.68. The average molecular weight is 332 g/mol. The smallest absolute Gasteiger partial charge is 0.262 e. The van der Waals surface area contributed by atoms with Crippen LogP contribution in [0.1, 0.15) is 41.8 Å². The van der Waals surface area contributed by atoms with Gasteiger partial charge in [0.1, 0.15) is 4.88 Å². The standard InChI is InChI=1S/C13H18BrNO2S/c14-10-6-7-18-12(10)13(17)15-11-5-3-1-2-4-9(11)8-16/h6-7,9,11,16H,1-5,8H2,(H,15,17). The van der Waals surface area contributed by atoms with Crippen LogP contribution < -0.4 is 5.32 Å². The molecule has 0 aliphatic heterocycles. The molecule has 1 aromatic heterocycles. The predicted molar refractivity (Wildman–Crippen MR) is 76.9 cm³/mol. The molecule has 1 aromatic rings. The van der Waals surface area contributed by atoms with E-state index in [-0.39, 0.29) is 24.5 Å². The largest absolute Gasteiger partial charge is 0.396 e. The SMILES string of the molecule is O=C(NC1CCCCCC1CO)c1sccc1Br. The third-order valence-corrected chi connectivity index (χ3v) is 5.37. The van der Waals surface area contributed by atoms with Gasteiger partial charge in [0.15, 0.2) is 0 Å². The molecule has 1 fully saturated rings. The van der Waals surface area contributed by atoms with Crippen molar-refractivity contribution in [3.63, 3.8) is 0 Å². The van der Waals surface area contributed by atoms with E-state index >= 15 is 0 Å². The quantitative estimate of drug-likeness (QED) is 0.835. The minimum atomic E-state index is -0.0257. The predicted octanol–water partition coefficient (Wildman–Crippen LogP) is 3.18. The summed E-state index contributed by atoms with van der Waals surface area (Å²) >= 11 is 4.82. The Morgan fingerprint density at radius 3 is 2.89 bits per heavy atom. The number of nitrogens with one attached hydrogen (secondary N) is 1. The van der Waals surface area contributed by atoms with Gasteiger partial charge in [0.2, 0.25) is 0 Å². The Hall–Kier alpha value is -0.390. The van der Waals surface area contributed by atoms with Crippen molar-refractivity contribution in [3.05, 3.63) is 20.8 Å². The molecule has 2 rings (SSSR count). The third-order valence-electron chi connectivity index (χ3n) is 3.53. The maximum absolute atomic E-state index is 12.2. The fourth-order valence-electron chi connectivity index (χ4n) is 2.48. The minimum Gasteiger partial charge on any atom is -0.396 e. The molecule has 1 heterocycles. The van der Waals surface area contributed by atoms with Gasteiger partial charge >= 0.3 is 0 Å². The van der Waals surface area contributed by atoms with Crippen LogP contribution in [0.15, 0.2) is 15.9 Å². The maximum Gasteiger partial charge on any atom is 0.262 e. The highest BCUT2D eigenvalue weighted by Gasteiger charge is 2.25. The number of rotatable bonds is 3. The highest BCUT2D eigenvalue weighted by Crippen LogP contribution is 2.26. The van der Waals surface area contributed by atoms with Gasteiger partial charge in [-0.05, 0) is 40.2 Å². The van der Waals surface area contributed by atoms with E-state index in [0.29, 0.717) is 0 Å². The molecule has 2 N–H and O–H groups in total. The van der Waals surface area contributed by atoms with Crippen LogP contribution in [0.2, 0.25) is 0 Å². The average Bonchev–Trinajstić information content (AvgIpc) is 2.66. The normalized spacial score (nSPS) is 24.6. The Labute approximate surface area is 120 Å². The highest BCUT2D eigenvalue weighted by molar-refractivity contribution is 9.10. The van der Waals surface area contributed by atoms with Crippen molar-refractivity contribution >= 4 is 33.2 Å². The minimum absolute atomic E-state index is 0.0257. The molecule has 100 valence electrons. The van der Waals surface area contributed by atoms with E-state index < -0.39 is 0 Å². The number of carbonyl (C=O) groups is 1. The van der Waals surface area contributed by atoms with Crippen LogP contribution in [-0.4, -0.2) is 23.7 Å². The highest BCUT2D eigenvalue weighted by atomic mass is 79.9. The molecular formula is C13H18BrNO2S. The zero-order valence-corrected chi connectivity index (χ0v) is 12.6. The number of halogens is 1. The lowest BCUT2D eigenvalue weighted by Gasteiger charge is -2.24. The van der Waals surface area contributed by atoms with Crippen LogP contribution in [0.3, 0.4) is 0 Å². The Morgan fingerprint density at radius 2 is 2.22 bits per heavy atom. The summed E-state index contributed by atoms with van der Waals surface area (Å²) in [5, 5.41) is 14.4. The van der Waals surface area contributed by atoms with E-state index in [0.717, 1.165) is 35.0 Å². The van der Waals surface area contributed by atoms with Crippen molar-refractivity contribution in [3.8, 4) is 0 Å². The Morgan fingerprint density at radius 1 is 1.44 bits per heavy atom. The number of thiophene rings is 1. The fraction of sp³-hybridized carbons (Fsp3) is 0.615. The lowest BCUT2D eigenvalue weighted by Crippen LogP contribution is -2.41. The van der Waals surface area contributed by atoms with Gasteiger partial charge in [0, 0.05) is 23.0 Å². The number of carbonyl (C=O) groups excluding carboxylic acids is 1. The molecule has 1 saturated carbocycles. The van der Waals surface area contributed by atoms with Gasteiger partial charge in [0.05, 0.1) is 0 Å². The van der Waals surface area contributed by atoms with Crippen molar-refractivity contribution in [1.29, 1.82) is 0 Å². The Balaban J connectivity index is 2.02. The molecule has 2 atom stereocenters. The van der Waals surface area contributed by atoms with Crippen LogP contribution in [0.5, 0.6) is 0 Å². The summed E-state index contributed by atoms with van der Waals surface area (Å²) in [6.45, 7) is 0.163. The molecule has 0 radical (unpaired) electrons. The van der Waals surface area contributed by atoms with Gasteiger partial charge < -0.3 is 10.4 Å². The van der Waals surface area contributed by atoms with Crippen molar-refractivity contribution < 1.29 is 9.90 Å². The molecule has 0 saturated heterocycles. The van der Waals surface area contributed by atoms with Crippen LogP contribution in [-0.2, 0) is 0 Å². The summed E-state index contributed by atoms with van der Waals surface area (Å²) in [4.78, 5) is 12.9. The lowest BCUT2D eigenvalue weighted by atomic mass is 9.95. The summed E-state index contributed by atoms with van der Waals surface area (Å²) in [5.74, 6) is 0.178. The molecule has 18 heavy (non-hydrogen) atoms. The van der Waals surface area contributed by atoms with E-state index in [4.69, 9.17) is 0 Å². The summed E-state index contributed by atoms with van der Waals surface area (Å²) in [7, 11) is 0. The molecule has 3 nitrogen and oxygen atoms in total. The van der Waals surface area contributed by atoms with Gasteiger partial charge in [-0.25, -0.2) is 0 Å². The zero-order valence-electron chi connectivity index (χ0n) is 10.2. The lowest BCUT2D eigenvalue weighted by molar-refractivity contribution is 0.0903. The number of hydrogen-bond donors (Lipinski definition) is 2. The molecule has 5 heteroatoms. The summed E-state index contributed by atoms with van der Waals surface area (Å²) < 4.78 is 0.846. The summed E-state index contributed by atoms with van der Waals surface area (Å²) in [6, 6.07) is 2.00. The van der Waals surface area contributed by atoms with Crippen molar-refractivity contribution in [2.45, 2.75) is 38.1 Å². The Kier molecular flexibility index (Phi) is 5.21. The molecular weight excluding hydrogens is 314 g/mol. The maximum atomic E-state index is 12.2. The third kappa shape index (κ3) is 3.33. The van der Waals surface area contributed by atoms with E-state index in [1.54, 1.807) is 0 Å². The van der Waals surface area contributed by atoms with Crippen LogP contribution in [0.4, 0.5) is 0 Å². The van der Waals surface area contributed by atoms with E-state index in [1.807, 2.05) is 11.4 Å². The van der Waals surface area contributed by atoms with Crippen LogP contribution >= 0.6 is 27.3 Å². The van der Waals surface area contributed by atoms with Gasteiger partial charge in [-0.2, -0.15) is 0 Å². The first-order valence-corrected chi connectivity index (χ1v) is 8.04. The van der Waals surface area contributed by atoms with Crippen LogP contribution in [0, 0.1) is 5.92 Å². The first kappa shape index (κ1) is 14.0. The van der Waals surface area contributed by atoms with Crippen LogP contribution in [0.25, 0.3) is 0 Å². The van der Waals surface area contributed by atoms with Gasteiger partial charge in [0.25, 0.3) is 5.91 Å². The second-order valence-corrected chi connectivity index (χ2v) is 6.53. The summed E-state index contributed by atoms with van der Waals surface area (Å²) in [5.41, 5.74) is 0. The monoisotopic (exact) mass is 331 g/mol. The van der Waals surface area contributed by atoms with E-state index in [2.05, 4.69) is 21.2 Å². The number of hydrogen-bond acceptors (Lipinski definition) is 3. The number of amides is 1. The van der Waals surface area contributed by atoms with E-state index in [1.165, 1.54) is 17.8 Å². The molecule has 0 spiro atoms. The van der Waals surface area contributed by atoms with Crippen molar-refractivity contribution in [1.82, 2.24) is 5.32 Å². The molecule has 0 bridgehead atoms. The first-order valence-electron chi connectivity index (χ1n) is 6.37. The Bertz CT molecular complexity index is 407. The summed E-state index contributed by atoms with van der Waals surface area (Å²) in [6.07, 6.45) is 5.46.